The number of methoxy groups -OCH3 is 1. The van der Waals surface area contributed by atoms with Crippen LogP contribution >= 0.6 is 15.9 Å². The van der Waals surface area contributed by atoms with Crippen LogP contribution in [0, 0.1) is 12.7 Å². The highest BCUT2D eigenvalue weighted by Gasteiger charge is 2.15. The quantitative estimate of drug-likeness (QED) is 0.637. The van der Waals surface area contributed by atoms with Crippen molar-refractivity contribution in [2.24, 2.45) is 5.84 Å². The molecule has 0 aromatic heterocycles. The lowest BCUT2D eigenvalue weighted by Gasteiger charge is -2.19. The summed E-state index contributed by atoms with van der Waals surface area (Å²) in [6, 6.07) is 10.9. The monoisotopic (exact) mass is 352 g/mol. The Labute approximate surface area is 132 Å². The third-order valence-electron chi connectivity index (χ3n) is 3.45. The Bertz CT molecular complexity index is 634. The zero-order valence-electron chi connectivity index (χ0n) is 12.0. The summed E-state index contributed by atoms with van der Waals surface area (Å²) in [5.74, 6) is 5.55. The largest absolute Gasteiger partial charge is 0.494 e. The molecule has 0 heterocycles. The molecule has 112 valence electrons. The summed E-state index contributed by atoms with van der Waals surface area (Å²) in [5.41, 5.74) is 5.83. The van der Waals surface area contributed by atoms with E-state index in [4.69, 9.17) is 10.6 Å². The molecule has 2 aromatic rings. The van der Waals surface area contributed by atoms with Crippen molar-refractivity contribution in [3.8, 4) is 5.75 Å². The van der Waals surface area contributed by atoms with Gasteiger partial charge in [0.2, 0.25) is 0 Å². The number of halogens is 2. The van der Waals surface area contributed by atoms with Crippen molar-refractivity contribution in [3.05, 3.63) is 63.4 Å². The molecule has 2 aromatic carbocycles. The molecule has 0 aliphatic heterocycles. The highest BCUT2D eigenvalue weighted by atomic mass is 79.9. The third kappa shape index (κ3) is 3.61. The van der Waals surface area contributed by atoms with Crippen molar-refractivity contribution < 1.29 is 9.13 Å². The number of rotatable bonds is 5. The van der Waals surface area contributed by atoms with Crippen LogP contribution in [0.5, 0.6) is 5.75 Å². The van der Waals surface area contributed by atoms with E-state index in [0.29, 0.717) is 6.42 Å². The summed E-state index contributed by atoms with van der Waals surface area (Å²) in [6.45, 7) is 2.02. The van der Waals surface area contributed by atoms with Crippen molar-refractivity contribution in [2.75, 3.05) is 7.11 Å². The predicted octanol–water partition coefficient (Wildman–Crippen LogP) is 3.65. The SMILES string of the molecule is COc1ccc(CC(NN)c2cccc(C)c2Br)cc1F. The van der Waals surface area contributed by atoms with Crippen molar-refractivity contribution >= 4 is 15.9 Å². The van der Waals surface area contributed by atoms with Crippen LogP contribution in [0.1, 0.15) is 22.7 Å². The van der Waals surface area contributed by atoms with E-state index in [9.17, 15) is 4.39 Å². The number of nitrogens with one attached hydrogen (secondary N) is 1. The molecule has 2 rings (SSSR count). The summed E-state index contributed by atoms with van der Waals surface area (Å²) < 4.78 is 19.7. The van der Waals surface area contributed by atoms with Gasteiger partial charge in [-0.1, -0.05) is 40.2 Å². The van der Waals surface area contributed by atoms with E-state index < -0.39 is 0 Å². The third-order valence-corrected chi connectivity index (χ3v) is 4.54. The lowest BCUT2D eigenvalue weighted by molar-refractivity contribution is 0.386. The van der Waals surface area contributed by atoms with Crippen LogP contribution in [0.25, 0.3) is 0 Å². The van der Waals surface area contributed by atoms with Crippen LogP contribution in [0.4, 0.5) is 4.39 Å². The highest BCUT2D eigenvalue weighted by molar-refractivity contribution is 9.10. The number of aryl methyl sites for hydroxylation is 1. The number of nitrogens with two attached hydrogens (primary N) is 1. The predicted molar refractivity (Wildman–Crippen MR) is 85.6 cm³/mol. The average Bonchev–Trinajstić information content (AvgIpc) is 2.48. The number of hydrazine groups is 1. The molecule has 0 amide bonds. The second kappa shape index (κ2) is 7.02. The van der Waals surface area contributed by atoms with E-state index in [0.717, 1.165) is 21.2 Å². The topological polar surface area (TPSA) is 47.3 Å². The molecule has 21 heavy (non-hydrogen) atoms. The molecule has 3 N–H and O–H groups in total. The van der Waals surface area contributed by atoms with Gasteiger partial charge in [-0.25, -0.2) is 4.39 Å². The van der Waals surface area contributed by atoms with Gasteiger partial charge >= 0.3 is 0 Å². The fraction of sp³-hybridized carbons (Fsp3) is 0.250. The smallest absolute Gasteiger partial charge is 0.165 e. The standard InChI is InChI=1S/C16H18BrFN2O/c1-10-4-3-5-12(16(10)17)14(20-19)9-11-6-7-15(21-2)13(18)8-11/h3-8,14,20H,9,19H2,1-2H3. The van der Waals surface area contributed by atoms with Gasteiger partial charge in [-0.05, 0) is 42.2 Å². The maximum Gasteiger partial charge on any atom is 0.165 e. The molecule has 0 aliphatic carbocycles. The van der Waals surface area contributed by atoms with Crippen LogP contribution in [0.2, 0.25) is 0 Å². The van der Waals surface area contributed by atoms with Crippen molar-refractivity contribution in [1.82, 2.24) is 5.43 Å². The Kier molecular flexibility index (Phi) is 5.33. The molecule has 0 saturated heterocycles. The zero-order chi connectivity index (χ0) is 15.4. The van der Waals surface area contributed by atoms with E-state index >= 15 is 0 Å². The fourth-order valence-electron chi connectivity index (χ4n) is 2.27. The average molecular weight is 353 g/mol. The van der Waals surface area contributed by atoms with Gasteiger partial charge < -0.3 is 4.74 Å². The van der Waals surface area contributed by atoms with Crippen LogP contribution < -0.4 is 16.0 Å². The van der Waals surface area contributed by atoms with Gasteiger partial charge in [0.05, 0.1) is 13.2 Å². The van der Waals surface area contributed by atoms with Gasteiger partial charge in [-0.3, -0.25) is 11.3 Å². The van der Waals surface area contributed by atoms with Crippen molar-refractivity contribution in [1.29, 1.82) is 0 Å². The summed E-state index contributed by atoms with van der Waals surface area (Å²) in [5, 5.41) is 0. The van der Waals surface area contributed by atoms with Crippen LogP contribution in [0.3, 0.4) is 0 Å². The molecule has 0 radical (unpaired) electrons. The van der Waals surface area contributed by atoms with Gasteiger partial charge in [-0.2, -0.15) is 0 Å². The second-order valence-corrected chi connectivity index (χ2v) is 5.66. The van der Waals surface area contributed by atoms with Gasteiger partial charge in [0.15, 0.2) is 11.6 Å². The maximum absolute atomic E-state index is 13.8. The summed E-state index contributed by atoms with van der Waals surface area (Å²) in [7, 11) is 1.45. The summed E-state index contributed by atoms with van der Waals surface area (Å²) in [4.78, 5) is 0. The molecule has 1 unspecified atom stereocenters. The number of hydrogen-bond acceptors (Lipinski definition) is 3. The minimum absolute atomic E-state index is 0.105. The van der Waals surface area contributed by atoms with Crippen molar-refractivity contribution in [2.45, 2.75) is 19.4 Å². The Morgan fingerprint density at radius 3 is 2.71 bits per heavy atom. The van der Waals surface area contributed by atoms with Crippen LogP contribution in [0.15, 0.2) is 40.9 Å². The maximum atomic E-state index is 13.8. The van der Waals surface area contributed by atoms with E-state index in [1.807, 2.05) is 31.2 Å². The molecule has 5 heteroatoms. The first-order valence-electron chi connectivity index (χ1n) is 6.60. The molecule has 3 nitrogen and oxygen atoms in total. The summed E-state index contributed by atoms with van der Waals surface area (Å²) in [6.07, 6.45) is 0.583. The van der Waals surface area contributed by atoms with Gasteiger partial charge in [0, 0.05) is 4.47 Å². The molecule has 0 fully saturated rings. The molecular formula is C16H18BrFN2O. The zero-order valence-corrected chi connectivity index (χ0v) is 13.6. The second-order valence-electron chi connectivity index (χ2n) is 4.87. The Balaban J connectivity index is 2.27. The first-order chi connectivity index (χ1) is 10.1. The minimum atomic E-state index is -0.367. The minimum Gasteiger partial charge on any atom is -0.494 e. The molecule has 0 saturated carbocycles. The lowest BCUT2D eigenvalue weighted by Crippen LogP contribution is -2.30. The fourth-order valence-corrected chi connectivity index (χ4v) is 2.81. The Morgan fingerprint density at radius 2 is 2.10 bits per heavy atom. The highest BCUT2D eigenvalue weighted by Crippen LogP contribution is 2.29. The molecular weight excluding hydrogens is 335 g/mol. The number of benzene rings is 2. The van der Waals surface area contributed by atoms with Gasteiger partial charge in [0.1, 0.15) is 0 Å². The van der Waals surface area contributed by atoms with E-state index in [-0.39, 0.29) is 17.6 Å². The molecule has 0 bridgehead atoms. The summed E-state index contributed by atoms with van der Waals surface area (Å²) >= 11 is 3.58. The van der Waals surface area contributed by atoms with Gasteiger partial charge in [0.25, 0.3) is 0 Å². The first-order valence-corrected chi connectivity index (χ1v) is 7.39. The number of hydrogen-bond donors (Lipinski definition) is 2. The molecule has 0 spiro atoms. The number of ether oxygens (including phenoxy) is 1. The van der Waals surface area contributed by atoms with Crippen LogP contribution in [-0.4, -0.2) is 7.11 Å². The van der Waals surface area contributed by atoms with E-state index in [1.165, 1.54) is 13.2 Å². The van der Waals surface area contributed by atoms with Crippen molar-refractivity contribution in [3.63, 3.8) is 0 Å². The van der Waals surface area contributed by atoms with E-state index in [1.54, 1.807) is 6.07 Å². The van der Waals surface area contributed by atoms with Gasteiger partial charge in [-0.15, -0.1) is 0 Å². The first kappa shape index (κ1) is 15.9. The van der Waals surface area contributed by atoms with Crippen LogP contribution in [-0.2, 0) is 6.42 Å². The Morgan fingerprint density at radius 1 is 1.33 bits per heavy atom. The lowest BCUT2D eigenvalue weighted by atomic mass is 9.98. The van der Waals surface area contributed by atoms with E-state index in [2.05, 4.69) is 21.4 Å². The molecule has 0 aliphatic rings. The molecule has 1 atom stereocenters. The Hall–Kier alpha value is -1.43. The normalized spacial score (nSPS) is 12.2.